The zero-order valence-electron chi connectivity index (χ0n) is 12.9. The molecule has 6 nitrogen and oxygen atoms in total. The summed E-state index contributed by atoms with van der Waals surface area (Å²) in [6.45, 7) is 2.12. The number of aliphatic hydroxyl groups excluding tert-OH is 1. The van der Waals surface area contributed by atoms with Gasteiger partial charge in [-0.2, -0.15) is 0 Å². The van der Waals surface area contributed by atoms with Gasteiger partial charge in [-0.15, -0.1) is 0 Å². The summed E-state index contributed by atoms with van der Waals surface area (Å²) < 4.78 is 5.34. The van der Waals surface area contributed by atoms with E-state index in [4.69, 9.17) is 14.9 Å². The molecule has 1 aromatic rings. The van der Waals surface area contributed by atoms with Crippen LogP contribution in [0.1, 0.15) is 66.2 Å². The van der Waals surface area contributed by atoms with Gasteiger partial charge in [-0.3, -0.25) is 0 Å². The highest BCUT2D eigenvalue weighted by atomic mass is 79.9. The van der Waals surface area contributed by atoms with Crippen molar-refractivity contribution < 1.29 is 29.6 Å². The van der Waals surface area contributed by atoms with Crippen molar-refractivity contribution >= 4 is 27.9 Å². The average Bonchev–Trinajstić information content (AvgIpc) is 2.48. The number of rotatable bonds is 10. The highest BCUT2D eigenvalue weighted by Gasteiger charge is 2.23. The molecule has 0 bridgehead atoms. The van der Waals surface area contributed by atoms with Gasteiger partial charge in [0.25, 0.3) is 0 Å². The van der Waals surface area contributed by atoms with Gasteiger partial charge in [0.1, 0.15) is 5.75 Å². The van der Waals surface area contributed by atoms with Crippen LogP contribution in [0.25, 0.3) is 0 Å². The molecule has 7 heteroatoms. The van der Waals surface area contributed by atoms with Crippen molar-refractivity contribution in [1.82, 2.24) is 0 Å². The molecule has 0 fully saturated rings. The van der Waals surface area contributed by atoms with E-state index < -0.39 is 23.8 Å². The van der Waals surface area contributed by atoms with Gasteiger partial charge in [0.2, 0.25) is 0 Å². The summed E-state index contributed by atoms with van der Waals surface area (Å²) in [6, 6.07) is 2.49. The smallest absolute Gasteiger partial charge is 0.337 e. The molecule has 1 atom stereocenters. The molecule has 0 aliphatic heterocycles. The number of aromatic carboxylic acids is 2. The Morgan fingerprint density at radius 1 is 1.13 bits per heavy atom. The van der Waals surface area contributed by atoms with E-state index in [1.165, 1.54) is 6.07 Å². The average molecular weight is 389 g/mol. The lowest BCUT2D eigenvalue weighted by molar-refractivity contribution is -0.0252. The van der Waals surface area contributed by atoms with Crippen molar-refractivity contribution in [2.24, 2.45) is 0 Å². The van der Waals surface area contributed by atoms with Gasteiger partial charge < -0.3 is 20.1 Å². The third-order valence-electron chi connectivity index (χ3n) is 3.37. The summed E-state index contributed by atoms with van der Waals surface area (Å²) in [5, 5.41) is 28.1. The molecule has 23 heavy (non-hydrogen) atoms. The number of benzene rings is 1. The number of carboxylic acids is 2. The Morgan fingerprint density at radius 3 is 2.35 bits per heavy atom. The van der Waals surface area contributed by atoms with Crippen LogP contribution in [0.4, 0.5) is 0 Å². The van der Waals surface area contributed by atoms with Crippen LogP contribution in [0.5, 0.6) is 5.75 Å². The van der Waals surface area contributed by atoms with Gasteiger partial charge in [0, 0.05) is 6.42 Å². The summed E-state index contributed by atoms with van der Waals surface area (Å²) in [6.07, 6.45) is 4.56. The number of carboxylic acid groups (broad SMARTS) is 2. The van der Waals surface area contributed by atoms with Gasteiger partial charge in [0.05, 0.1) is 15.6 Å². The van der Waals surface area contributed by atoms with Crippen LogP contribution in [0.3, 0.4) is 0 Å². The Hall–Kier alpha value is -1.60. The van der Waals surface area contributed by atoms with Crippen molar-refractivity contribution in [3.63, 3.8) is 0 Å². The summed E-state index contributed by atoms with van der Waals surface area (Å²) in [7, 11) is 0. The van der Waals surface area contributed by atoms with E-state index in [9.17, 15) is 14.7 Å². The Kier molecular flexibility index (Phi) is 8.05. The first-order valence-electron chi connectivity index (χ1n) is 7.52. The maximum atomic E-state index is 11.2. The zero-order valence-corrected chi connectivity index (χ0v) is 14.5. The minimum atomic E-state index is -1.38. The van der Waals surface area contributed by atoms with Crippen LogP contribution in [0.2, 0.25) is 0 Å². The molecule has 0 amide bonds. The van der Waals surface area contributed by atoms with Gasteiger partial charge in [-0.1, -0.05) is 32.6 Å². The van der Waals surface area contributed by atoms with E-state index in [0.29, 0.717) is 6.42 Å². The first-order valence-corrected chi connectivity index (χ1v) is 8.31. The van der Waals surface area contributed by atoms with Crippen LogP contribution in [-0.2, 0) is 0 Å². The highest BCUT2D eigenvalue weighted by Crippen LogP contribution is 2.32. The van der Waals surface area contributed by atoms with Crippen LogP contribution >= 0.6 is 15.9 Å². The SMILES string of the molecule is CCCCCCCC(O)Oc1ccc(C(=O)O)c(C(=O)O)c1Br. The van der Waals surface area contributed by atoms with E-state index in [2.05, 4.69) is 22.9 Å². The molecule has 0 aliphatic rings. The monoisotopic (exact) mass is 388 g/mol. The molecule has 0 radical (unpaired) electrons. The molecule has 0 aliphatic carbocycles. The molecule has 0 heterocycles. The van der Waals surface area contributed by atoms with E-state index in [0.717, 1.165) is 38.2 Å². The molecule has 128 valence electrons. The van der Waals surface area contributed by atoms with Gasteiger partial charge >= 0.3 is 11.9 Å². The number of unbranched alkanes of at least 4 members (excludes halogenated alkanes) is 4. The second-order valence-electron chi connectivity index (χ2n) is 5.19. The van der Waals surface area contributed by atoms with Crippen LogP contribution in [0, 0.1) is 0 Å². The summed E-state index contributed by atoms with van der Waals surface area (Å²) in [4.78, 5) is 22.3. The first-order chi connectivity index (χ1) is 10.9. The topological polar surface area (TPSA) is 104 Å². The Bertz CT molecular complexity index is 558. The summed E-state index contributed by atoms with van der Waals surface area (Å²) in [5.41, 5.74) is -0.740. The van der Waals surface area contributed by atoms with Crippen molar-refractivity contribution in [1.29, 1.82) is 0 Å². The molecule has 1 unspecified atom stereocenters. The molecular weight excluding hydrogens is 368 g/mol. The molecule has 1 aromatic carbocycles. The standard InChI is InChI=1S/C16H21BrO6/c1-2-3-4-5-6-7-12(18)23-11-9-8-10(15(19)20)13(14(11)17)16(21)22/h8-9,12,18H,2-7H2,1H3,(H,19,20)(H,21,22). The highest BCUT2D eigenvalue weighted by molar-refractivity contribution is 9.10. The zero-order chi connectivity index (χ0) is 17.4. The van der Waals surface area contributed by atoms with E-state index in [1.807, 2.05) is 0 Å². The number of aliphatic hydroxyl groups is 1. The fourth-order valence-corrected chi connectivity index (χ4v) is 2.77. The Morgan fingerprint density at radius 2 is 1.78 bits per heavy atom. The fraction of sp³-hybridized carbons (Fsp3) is 0.500. The predicted molar refractivity (Wildman–Crippen MR) is 88.1 cm³/mol. The van der Waals surface area contributed by atoms with E-state index in [1.54, 1.807) is 0 Å². The van der Waals surface area contributed by atoms with Gasteiger partial charge in [-0.25, -0.2) is 9.59 Å². The Labute approximate surface area is 143 Å². The first kappa shape index (κ1) is 19.4. The molecule has 0 saturated carbocycles. The fourth-order valence-electron chi connectivity index (χ4n) is 2.16. The molecule has 3 N–H and O–H groups in total. The number of halogens is 1. The van der Waals surface area contributed by atoms with E-state index >= 15 is 0 Å². The molecular formula is C16H21BrO6. The number of carbonyl (C=O) groups is 2. The molecule has 1 rings (SSSR count). The quantitative estimate of drug-likeness (QED) is 0.414. The summed E-state index contributed by atoms with van der Waals surface area (Å²) >= 11 is 3.05. The third-order valence-corrected chi connectivity index (χ3v) is 4.16. The normalized spacial score (nSPS) is 12.0. The number of hydrogen-bond acceptors (Lipinski definition) is 4. The minimum absolute atomic E-state index is 0.00920. The maximum Gasteiger partial charge on any atom is 0.337 e. The maximum absolute atomic E-state index is 11.2. The van der Waals surface area contributed by atoms with Crippen molar-refractivity contribution in [3.05, 3.63) is 27.7 Å². The largest absolute Gasteiger partial charge is 0.478 e. The molecule has 0 saturated heterocycles. The lowest BCUT2D eigenvalue weighted by Crippen LogP contribution is -2.17. The number of hydrogen-bond donors (Lipinski definition) is 3. The van der Waals surface area contributed by atoms with Crippen LogP contribution in [0.15, 0.2) is 16.6 Å². The summed E-state index contributed by atoms with van der Waals surface area (Å²) in [5.74, 6) is -2.62. The lowest BCUT2D eigenvalue weighted by atomic mass is 10.1. The van der Waals surface area contributed by atoms with Crippen molar-refractivity contribution in [3.8, 4) is 5.75 Å². The van der Waals surface area contributed by atoms with Gasteiger partial charge in [-0.05, 0) is 34.5 Å². The third kappa shape index (κ3) is 5.84. The minimum Gasteiger partial charge on any atom is -0.478 e. The number of ether oxygens (including phenoxy) is 1. The second-order valence-corrected chi connectivity index (χ2v) is 5.98. The lowest BCUT2D eigenvalue weighted by Gasteiger charge is -2.16. The van der Waals surface area contributed by atoms with Crippen molar-refractivity contribution in [2.45, 2.75) is 51.7 Å². The molecule has 0 spiro atoms. The molecule has 0 aromatic heterocycles. The predicted octanol–water partition coefficient (Wildman–Crippen LogP) is 3.90. The van der Waals surface area contributed by atoms with Gasteiger partial charge in [0.15, 0.2) is 6.29 Å². The second kappa shape index (κ2) is 9.52. The van der Waals surface area contributed by atoms with Crippen molar-refractivity contribution in [2.75, 3.05) is 0 Å². The Balaban J connectivity index is 2.75. The van der Waals surface area contributed by atoms with Crippen LogP contribution in [-0.4, -0.2) is 33.5 Å². The van der Waals surface area contributed by atoms with E-state index in [-0.39, 0.29) is 15.8 Å². The van der Waals surface area contributed by atoms with Crippen LogP contribution < -0.4 is 4.74 Å².